The molecule has 0 aromatic heterocycles. The van der Waals surface area contributed by atoms with Crippen LogP contribution >= 0.6 is 0 Å². The van der Waals surface area contributed by atoms with Gasteiger partial charge >= 0.3 is 0 Å². The number of nitrogens with one attached hydrogen (secondary N) is 3. The van der Waals surface area contributed by atoms with Gasteiger partial charge in [0.15, 0.2) is 23.0 Å². The van der Waals surface area contributed by atoms with Crippen LogP contribution in [0.15, 0.2) is 47.3 Å². The highest BCUT2D eigenvalue weighted by molar-refractivity contribution is 5.91. The van der Waals surface area contributed by atoms with Gasteiger partial charge < -0.3 is 39.6 Å². The Balaban J connectivity index is 1.28. The molecule has 0 radical (unpaired) electrons. The second kappa shape index (κ2) is 14.2. The van der Waals surface area contributed by atoms with E-state index in [1.54, 1.807) is 51.7 Å². The molecule has 0 saturated carbocycles. The van der Waals surface area contributed by atoms with E-state index in [-0.39, 0.29) is 30.1 Å². The normalized spacial score (nSPS) is 14.4. The monoisotopic (exact) mass is 617 g/mol. The third kappa shape index (κ3) is 7.08. The summed E-state index contributed by atoms with van der Waals surface area (Å²) in [5, 5.41) is 9.19. The molecule has 1 atom stereocenters. The summed E-state index contributed by atoms with van der Waals surface area (Å²) >= 11 is 0. The van der Waals surface area contributed by atoms with Gasteiger partial charge in [-0.1, -0.05) is 12.5 Å². The fourth-order valence-electron chi connectivity index (χ4n) is 5.86. The van der Waals surface area contributed by atoms with Gasteiger partial charge in [0.2, 0.25) is 29.8 Å². The first kappa shape index (κ1) is 31.5. The van der Waals surface area contributed by atoms with Gasteiger partial charge in [-0.3, -0.25) is 14.4 Å². The number of carbonyl (C=O) groups is 2. The molecule has 0 bridgehead atoms. The van der Waals surface area contributed by atoms with Crippen molar-refractivity contribution >= 4 is 23.2 Å². The van der Waals surface area contributed by atoms with Crippen molar-refractivity contribution in [3.05, 3.63) is 63.8 Å². The Kier molecular flexibility index (Phi) is 9.96. The van der Waals surface area contributed by atoms with Crippen molar-refractivity contribution in [3.8, 4) is 39.9 Å². The molecule has 3 aromatic carbocycles. The molecule has 3 N–H and O–H groups in total. The molecule has 238 valence electrons. The minimum atomic E-state index is -0.372. The number of fused-ring (bicyclic) bond motifs is 4. The fraction of sp³-hybridized carbons (Fsp3) is 0.382. The van der Waals surface area contributed by atoms with Gasteiger partial charge in [0.05, 0.1) is 33.1 Å². The van der Waals surface area contributed by atoms with Crippen LogP contribution in [0.1, 0.15) is 56.2 Å². The number of amides is 2. The van der Waals surface area contributed by atoms with E-state index >= 15 is 0 Å². The maximum absolute atomic E-state index is 13.5. The van der Waals surface area contributed by atoms with Crippen molar-refractivity contribution in [2.75, 3.05) is 45.3 Å². The maximum Gasteiger partial charge on any atom is 0.231 e. The number of carbonyl (C=O) groups excluding carboxylic acids is 2. The fourth-order valence-corrected chi connectivity index (χ4v) is 5.86. The molecule has 1 aliphatic carbocycles. The molecule has 0 spiro atoms. The van der Waals surface area contributed by atoms with E-state index in [1.165, 1.54) is 6.92 Å². The maximum atomic E-state index is 13.5. The van der Waals surface area contributed by atoms with Crippen molar-refractivity contribution in [3.63, 3.8) is 0 Å². The lowest BCUT2D eigenvalue weighted by atomic mass is 9.95. The lowest BCUT2D eigenvalue weighted by molar-refractivity contribution is -0.119. The molecule has 45 heavy (non-hydrogen) atoms. The van der Waals surface area contributed by atoms with Crippen LogP contribution in [0.3, 0.4) is 0 Å². The highest BCUT2D eigenvalue weighted by atomic mass is 16.7. The number of methoxy groups -OCH3 is 3. The van der Waals surface area contributed by atoms with E-state index in [1.807, 2.05) is 12.1 Å². The van der Waals surface area contributed by atoms with Gasteiger partial charge in [-0.15, -0.1) is 0 Å². The van der Waals surface area contributed by atoms with Gasteiger partial charge in [0, 0.05) is 37.2 Å². The number of hydrogen-bond acceptors (Lipinski definition) is 9. The zero-order chi connectivity index (χ0) is 31.9. The highest BCUT2D eigenvalue weighted by Gasteiger charge is 2.29. The highest BCUT2D eigenvalue weighted by Crippen LogP contribution is 2.50. The van der Waals surface area contributed by atoms with Crippen LogP contribution in [-0.2, 0) is 16.0 Å². The SMILES string of the molecule is COc1cc2c(c(OC)c1OC)-c1ccc(NCCCCCC(=O)Nc3ccc4c(c3)OCO4)c(=O)cc1C(NC(C)=O)CC2. The topological polar surface area (TPSA) is 133 Å². The van der Waals surface area contributed by atoms with E-state index in [4.69, 9.17) is 23.7 Å². The van der Waals surface area contributed by atoms with Gasteiger partial charge in [-0.05, 0) is 72.7 Å². The van der Waals surface area contributed by atoms with Crippen molar-refractivity contribution < 1.29 is 33.3 Å². The minimum Gasteiger partial charge on any atom is -0.493 e. The quantitative estimate of drug-likeness (QED) is 0.235. The molecular weight excluding hydrogens is 578 g/mol. The molecule has 1 heterocycles. The standard InChI is InChI=1S/C34H39N3O8/c1-20(38)36-25-12-9-21-16-30(41-2)33(42-3)34(43-4)32(21)23-11-13-26(27(39)18-24(23)25)35-15-7-5-6-8-31(40)37-22-10-14-28-29(17-22)45-19-44-28/h10-11,13-14,16-18,25H,5-9,12,15,19H2,1-4H3,(H,35,39)(H,36,38)(H,37,40). The zero-order valence-corrected chi connectivity index (χ0v) is 26.0. The Hall–Kier alpha value is -4.93. The Bertz CT molecular complexity index is 1640. The third-order valence-electron chi connectivity index (χ3n) is 7.97. The van der Waals surface area contributed by atoms with E-state index < -0.39 is 0 Å². The first-order chi connectivity index (χ1) is 21.8. The van der Waals surface area contributed by atoms with Crippen molar-refractivity contribution in [2.45, 2.75) is 51.5 Å². The molecule has 2 amide bonds. The number of rotatable bonds is 12. The van der Waals surface area contributed by atoms with Crippen LogP contribution in [0, 0.1) is 0 Å². The van der Waals surface area contributed by atoms with Crippen LogP contribution in [0.5, 0.6) is 28.7 Å². The average molecular weight is 618 g/mol. The minimum absolute atomic E-state index is 0.0704. The third-order valence-corrected chi connectivity index (χ3v) is 7.97. The van der Waals surface area contributed by atoms with Crippen molar-refractivity contribution in [1.82, 2.24) is 5.32 Å². The lowest BCUT2D eigenvalue weighted by Crippen LogP contribution is -2.26. The Morgan fingerprint density at radius 2 is 1.71 bits per heavy atom. The van der Waals surface area contributed by atoms with Gasteiger partial charge in [0.1, 0.15) is 0 Å². The van der Waals surface area contributed by atoms with Crippen LogP contribution < -0.4 is 45.1 Å². The summed E-state index contributed by atoms with van der Waals surface area (Å²) < 4.78 is 27.7. The number of benzene rings is 2. The molecule has 1 aliphatic heterocycles. The summed E-state index contributed by atoms with van der Waals surface area (Å²) in [6.45, 7) is 2.22. The Morgan fingerprint density at radius 3 is 2.47 bits per heavy atom. The number of hydrogen-bond donors (Lipinski definition) is 3. The van der Waals surface area contributed by atoms with Crippen LogP contribution in [0.4, 0.5) is 11.4 Å². The van der Waals surface area contributed by atoms with Gasteiger partial charge in [-0.25, -0.2) is 0 Å². The zero-order valence-electron chi connectivity index (χ0n) is 26.0. The van der Waals surface area contributed by atoms with Gasteiger partial charge in [-0.2, -0.15) is 0 Å². The number of ether oxygens (including phenoxy) is 5. The smallest absolute Gasteiger partial charge is 0.231 e. The van der Waals surface area contributed by atoms with Crippen LogP contribution in [0.25, 0.3) is 11.1 Å². The van der Waals surface area contributed by atoms with E-state index in [0.29, 0.717) is 77.9 Å². The predicted octanol–water partition coefficient (Wildman–Crippen LogP) is 5.20. The van der Waals surface area contributed by atoms with Crippen LogP contribution in [-0.4, -0.2) is 46.5 Å². The average Bonchev–Trinajstić information content (AvgIpc) is 3.37. The molecule has 0 fully saturated rings. The molecule has 2 aliphatic rings. The first-order valence-electron chi connectivity index (χ1n) is 15.0. The number of aryl methyl sites for hydroxylation is 1. The predicted molar refractivity (Wildman–Crippen MR) is 171 cm³/mol. The molecular formula is C34H39N3O8. The summed E-state index contributed by atoms with van der Waals surface area (Å²) in [5.41, 5.74) is 4.19. The molecule has 1 unspecified atom stereocenters. The van der Waals surface area contributed by atoms with Crippen molar-refractivity contribution in [2.24, 2.45) is 0 Å². The lowest BCUT2D eigenvalue weighted by Gasteiger charge is -2.19. The summed E-state index contributed by atoms with van der Waals surface area (Å²) in [6, 6.07) is 12.1. The summed E-state index contributed by atoms with van der Waals surface area (Å²) in [6.07, 6.45) is 3.89. The van der Waals surface area contributed by atoms with Crippen molar-refractivity contribution in [1.29, 1.82) is 0 Å². The molecule has 11 heteroatoms. The largest absolute Gasteiger partial charge is 0.493 e. The van der Waals surface area contributed by atoms with Crippen LogP contribution in [0.2, 0.25) is 0 Å². The van der Waals surface area contributed by atoms with Gasteiger partial charge in [0.25, 0.3) is 0 Å². The Labute approximate surface area is 262 Å². The first-order valence-corrected chi connectivity index (χ1v) is 15.0. The summed E-state index contributed by atoms with van der Waals surface area (Å²) in [4.78, 5) is 38.0. The summed E-state index contributed by atoms with van der Waals surface area (Å²) in [7, 11) is 4.70. The van der Waals surface area contributed by atoms with E-state index in [2.05, 4.69) is 16.0 Å². The van der Waals surface area contributed by atoms with E-state index in [0.717, 1.165) is 29.5 Å². The molecule has 3 aromatic rings. The molecule has 11 nitrogen and oxygen atoms in total. The second-order valence-electron chi connectivity index (χ2n) is 10.9. The number of unbranched alkanes of at least 4 members (excludes halogenated alkanes) is 2. The Morgan fingerprint density at radius 1 is 0.911 bits per heavy atom. The summed E-state index contributed by atoms with van der Waals surface area (Å²) in [5.74, 6) is 2.55. The van der Waals surface area contributed by atoms with E-state index in [9.17, 15) is 14.4 Å². The molecule has 0 saturated heterocycles. The number of anilines is 2. The second-order valence-corrected chi connectivity index (χ2v) is 10.9. The molecule has 5 rings (SSSR count).